The van der Waals surface area contributed by atoms with E-state index in [4.69, 9.17) is 15.0 Å². The first-order valence-corrected chi connectivity index (χ1v) is 12.1. The zero-order valence-corrected chi connectivity index (χ0v) is 20.5. The van der Waals surface area contributed by atoms with Gasteiger partial charge in [-0.3, -0.25) is 0 Å². The number of aryl methyl sites for hydroxylation is 1. The third kappa shape index (κ3) is 4.58. The lowest BCUT2D eigenvalue weighted by Gasteiger charge is -2.34. The van der Waals surface area contributed by atoms with E-state index < -0.39 is 0 Å². The molecular weight excluding hydrogens is 420 g/mol. The number of thiazole rings is 1. The Bertz CT molecular complexity index is 1050. The molecule has 3 aromatic rings. The van der Waals surface area contributed by atoms with E-state index in [1.165, 1.54) is 0 Å². The molecule has 3 atom stereocenters. The van der Waals surface area contributed by atoms with Crippen molar-refractivity contribution in [3.05, 3.63) is 30.0 Å². The summed E-state index contributed by atoms with van der Waals surface area (Å²) in [5.74, 6) is 2.08. The largest absolute Gasteiger partial charge is 0.396 e. The smallest absolute Gasteiger partial charge is 0.224 e. The van der Waals surface area contributed by atoms with Crippen LogP contribution in [-0.4, -0.2) is 64.3 Å². The Morgan fingerprint density at radius 2 is 2.00 bits per heavy atom. The van der Waals surface area contributed by atoms with Crippen molar-refractivity contribution in [2.75, 3.05) is 44.4 Å². The van der Waals surface area contributed by atoms with Gasteiger partial charge in [0.25, 0.3) is 0 Å². The van der Waals surface area contributed by atoms with E-state index in [9.17, 15) is 5.11 Å². The molecule has 2 aromatic heterocycles. The van der Waals surface area contributed by atoms with Crippen molar-refractivity contribution in [3.8, 4) is 10.6 Å². The van der Waals surface area contributed by atoms with Gasteiger partial charge in [0.05, 0.1) is 21.5 Å². The third-order valence-electron chi connectivity index (χ3n) is 6.82. The standard InChI is InChI=1S/C24H34N6OS/c1-15-17(14-31)10-11-24(15,3)29-21-20(22-27-18-8-6-7-9-19(18)32-22)16(2)26-23(28-21)25-12-13-30(4)5/h6-9,15,17,31H,10-14H2,1-5H3,(H2,25,26,28,29). The molecule has 2 heterocycles. The van der Waals surface area contributed by atoms with Crippen molar-refractivity contribution in [3.63, 3.8) is 0 Å². The van der Waals surface area contributed by atoms with Crippen LogP contribution in [0, 0.1) is 18.8 Å². The van der Waals surface area contributed by atoms with Gasteiger partial charge in [0.15, 0.2) is 0 Å². The van der Waals surface area contributed by atoms with Crippen molar-refractivity contribution >= 4 is 33.3 Å². The highest BCUT2D eigenvalue weighted by atomic mass is 32.1. The number of aliphatic hydroxyl groups is 1. The number of benzene rings is 1. The van der Waals surface area contributed by atoms with Crippen LogP contribution in [0.1, 0.15) is 32.4 Å². The van der Waals surface area contributed by atoms with Gasteiger partial charge in [-0.15, -0.1) is 11.3 Å². The lowest BCUT2D eigenvalue weighted by atomic mass is 9.86. The van der Waals surface area contributed by atoms with Gasteiger partial charge in [0.2, 0.25) is 5.95 Å². The van der Waals surface area contributed by atoms with E-state index in [0.717, 1.165) is 58.2 Å². The highest BCUT2D eigenvalue weighted by molar-refractivity contribution is 7.21. The second-order valence-electron chi connectivity index (χ2n) is 9.39. The maximum atomic E-state index is 9.80. The van der Waals surface area contributed by atoms with Crippen LogP contribution in [0.5, 0.6) is 0 Å². The van der Waals surface area contributed by atoms with Crippen LogP contribution in [0.2, 0.25) is 0 Å². The second kappa shape index (κ2) is 9.29. The van der Waals surface area contributed by atoms with E-state index in [1.54, 1.807) is 11.3 Å². The summed E-state index contributed by atoms with van der Waals surface area (Å²) in [7, 11) is 4.10. The fourth-order valence-corrected chi connectivity index (χ4v) is 5.61. The number of likely N-dealkylation sites (N-methyl/N-ethyl adjacent to an activating group) is 1. The molecule has 3 unspecified atom stereocenters. The zero-order chi connectivity index (χ0) is 22.9. The minimum Gasteiger partial charge on any atom is -0.396 e. The molecule has 4 rings (SSSR count). The maximum absolute atomic E-state index is 9.80. The Balaban J connectivity index is 1.74. The van der Waals surface area contributed by atoms with Crippen molar-refractivity contribution in [1.29, 1.82) is 0 Å². The van der Waals surface area contributed by atoms with Gasteiger partial charge in [-0.1, -0.05) is 19.1 Å². The normalized spacial score (nSPS) is 23.2. The highest BCUT2D eigenvalue weighted by Crippen LogP contribution is 2.44. The first-order valence-electron chi connectivity index (χ1n) is 11.3. The lowest BCUT2D eigenvalue weighted by Crippen LogP contribution is -2.40. The molecule has 0 radical (unpaired) electrons. The molecule has 0 spiro atoms. The molecule has 0 bridgehead atoms. The Hall–Kier alpha value is -2.29. The number of nitrogens with one attached hydrogen (secondary N) is 2. The maximum Gasteiger partial charge on any atom is 0.224 e. The molecule has 8 heteroatoms. The summed E-state index contributed by atoms with van der Waals surface area (Å²) in [5.41, 5.74) is 2.71. The molecule has 0 amide bonds. The first-order chi connectivity index (χ1) is 15.3. The van der Waals surface area contributed by atoms with E-state index in [0.29, 0.717) is 17.8 Å². The van der Waals surface area contributed by atoms with Gasteiger partial charge in [0.1, 0.15) is 10.8 Å². The quantitative estimate of drug-likeness (QED) is 0.469. The summed E-state index contributed by atoms with van der Waals surface area (Å²) >= 11 is 1.67. The summed E-state index contributed by atoms with van der Waals surface area (Å²) in [4.78, 5) is 16.7. The third-order valence-corrected chi connectivity index (χ3v) is 7.88. The summed E-state index contributed by atoms with van der Waals surface area (Å²) in [5, 5.41) is 17.9. The van der Waals surface area contributed by atoms with Gasteiger partial charge < -0.3 is 20.6 Å². The van der Waals surface area contributed by atoms with Crippen LogP contribution < -0.4 is 10.6 Å². The van der Waals surface area contributed by atoms with Crippen LogP contribution >= 0.6 is 11.3 Å². The average Bonchev–Trinajstić information content (AvgIpc) is 3.28. The topological polar surface area (TPSA) is 86.2 Å². The minimum atomic E-state index is -0.152. The number of anilines is 2. The highest BCUT2D eigenvalue weighted by Gasteiger charge is 2.42. The molecule has 3 N–H and O–H groups in total. The number of aliphatic hydroxyl groups excluding tert-OH is 1. The van der Waals surface area contributed by atoms with E-state index in [2.05, 4.69) is 49.5 Å². The van der Waals surface area contributed by atoms with Crippen LogP contribution in [-0.2, 0) is 0 Å². The molecule has 1 aliphatic carbocycles. The molecule has 172 valence electrons. The predicted molar refractivity (Wildman–Crippen MR) is 133 cm³/mol. The molecule has 1 saturated carbocycles. The van der Waals surface area contributed by atoms with Crippen LogP contribution in [0.15, 0.2) is 24.3 Å². The zero-order valence-electron chi connectivity index (χ0n) is 19.6. The van der Waals surface area contributed by atoms with Gasteiger partial charge in [-0.05, 0) is 64.8 Å². The molecule has 1 aliphatic rings. The van der Waals surface area contributed by atoms with Gasteiger partial charge in [-0.2, -0.15) is 4.98 Å². The summed E-state index contributed by atoms with van der Waals surface area (Å²) in [6, 6.07) is 8.20. The van der Waals surface area contributed by atoms with Gasteiger partial charge in [0, 0.05) is 25.2 Å². The molecule has 32 heavy (non-hydrogen) atoms. The summed E-state index contributed by atoms with van der Waals surface area (Å²) < 4.78 is 1.15. The monoisotopic (exact) mass is 454 g/mol. The molecule has 1 fully saturated rings. The fourth-order valence-electron chi connectivity index (χ4n) is 4.55. The fraction of sp³-hybridized carbons (Fsp3) is 0.542. The van der Waals surface area contributed by atoms with Crippen molar-refractivity contribution < 1.29 is 5.11 Å². The Morgan fingerprint density at radius 1 is 1.22 bits per heavy atom. The van der Waals surface area contributed by atoms with Crippen LogP contribution in [0.3, 0.4) is 0 Å². The lowest BCUT2D eigenvalue weighted by molar-refractivity contribution is 0.187. The first kappa shape index (κ1) is 22.9. The van der Waals surface area contributed by atoms with Gasteiger partial charge in [-0.25, -0.2) is 9.97 Å². The number of hydrogen-bond acceptors (Lipinski definition) is 8. The number of nitrogens with zero attached hydrogens (tertiary/aromatic N) is 4. The molecule has 0 saturated heterocycles. The van der Waals surface area contributed by atoms with E-state index >= 15 is 0 Å². The molecule has 0 aliphatic heterocycles. The number of rotatable bonds is 8. The van der Waals surface area contributed by atoms with Crippen molar-refractivity contribution in [2.24, 2.45) is 11.8 Å². The summed E-state index contributed by atoms with van der Waals surface area (Å²) in [6.07, 6.45) is 2.00. The number of hydrogen-bond donors (Lipinski definition) is 3. The van der Waals surface area contributed by atoms with Crippen LogP contribution in [0.25, 0.3) is 20.8 Å². The number of para-hydroxylation sites is 1. The van der Waals surface area contributed by atoms with Gasteiger partial charge >= 0.3 is 0 Å². The predicted octanol–water partition coefficient (Wildman–Crippen LogP) is 4.24. The molecular formula is C24H34N6OS. The molecule has 7 nitrogen and oxygen atoms in total. The van der Waals surface area contributed by atoms with Crippen molar-refractivity contribution in [1.82, 2.24) is 19.9 Å². The number of aromatic nitrogens is 3. The van der Waals surface area contributed by atoms with E-state index in [1.807, 2.05) is 25.1 Å². The van der Waals surface area contributed by atoms with Crippen LogP contribution in [0.4, 0.5) is 11.8 Å². The molecule has 1 aromatic carbocycles. The average molecular weight is 455 g/mol. The minimum absolute atomic E-state index is 0.152. The Labute approximate surface area is 194 Å². The Morgan fingerprint density at radius 3 is 2.69 bits per heavy atom. The van der Waals surface area contributed by atoms with Crippen molar-refractivity contribution in [2.45, 2.75) is 39.2 Å². The SMILES string of the molecule is Cc1nc(NCCN(C)C)nc(NC2(C)CCC(CO)C2C)c1-c1nc2ccccc2s1. The Kier molecular flexibility index (Phi) is 6.65. The van der Waals surface area contributed by atoms with E-state index in [-0.39, 0.29) is 12.1 Å². The number of fused-ring (bicyclic) bond motifs is 1. The summed E-state index contributed by atoms with van der Waals surface area (Å²) in [6.45, 7) is 8.39. The second-order valence-corrected chi connectivity index (χ2v) is 10.4.